The number of rotatable bonds is 4. The van der Waals surface area contributed by atoms with Crippen LogP contribution in [0.3, 0.4) is 0 Å². The number of hydrogen-bond donors (Lipinski definition) is 1. The predicted octanol–water partition coefficient (Wildman–Crippen LogP) is 5.24. The van der Waals surface area contributed by atoms with Crippen molar-refractivity contribution in [2.45, 2.75) is 65.0 Å². The molecule has 1 aliphatic heterocycles. The zero-order valence-corrected chi connectivity index (χ0v) is 17.3. The molecular formula is C23H33NO4. The molecule has 0 unspecified atom stereocenters. The quantitative estimate of drug-likeness (QED) is 0.717. The van der Waals surface area contributed by atoms with Crippen molar-refractivity contribution in [1.82, 2.24) is 5.32 Å². The van der Waals surface area contributed by atoms with Gasteiger partial charge in [0, 0.05) is 17.4 Å². The molecule has 154 valence electrons. The Kier molecular flexibility index (Phi) is 5.55. The minimum Gasteiger partial charge on any atom is -0.467 e. The highest BCUT2D eigenvalue weighted by Crippen LogP contribution is 2.56. The van der Waals surface area contributed by atoms with Crippen LogP contribution in [0.25, 0.3) is 0 Å². The molecule has 4 rings (SSSR count). The zero-order valence-electron chi connectivity index (χ0n) is 17.3. The van der Waals surface area contributed by atoms with Gasteiger partial charge in [-0.05, 0) is 43.7 Å². The molecule has 1 aromatic rings. The largest absolute Gasteiger partial charge is 0.467 e. The molecule has 0 radical (unpaired) electrons. The van der Waals surface area contributed by atoms with Gasteiger partial charge in [-0.15, -0.1) is 0 Å². The fourth-order valence-corrected chi connectivity index (χ4v) is 5.62. The molecule has 2 bridgehead atoms. The normalized spacial score (nSPS) is 35.9. The summed E-state index contributed by atoms with van der Waals surface area (Å²) in [6, 6.07) is 4.17. The molecule has 1 saturated heterocycles. The summed E-state index contributed by atoms with van der Waals surface area (Å²) in [5, 5.41) is 3.07. The van der Waals surface area contributed by atoms with Crippen LogP contribution in [0, 0.1) is 23.2 Å². The molecule has 3 aliphatic rings. The minimum absolute atomic E-state index is 0.0714. The average molecular weight is 388 g/mol. The van der Waals surface area contributed by atoms with E-state index in [1.807, 2.05) is 12.1 Å². The van der Waals surface area contributed by atoms with Crippen LogP contribution in [0.15, 0.2) is 34.5 Å². The van der Waals surface area contributed by atoms with Crippen LogP contribution in [0.1, 0.15) is 64.7 Å². The third kappa shape index (κ3) is 3.49. The maximum Gasteiger partial charge on any atom is 0.407 e. The van der Waals surface area contributed by atoms with Crippen LogP contribution in [-0.4, -0.2) is 25.3 Å². The van der Waals surface area contributed by atoms with E-state index in [2.05, 4.69) is 32.2 Å². The summed E-state index contributed by atoms with van der Waals surface area (Å²) in [6.45, 7) is 7.63. The molecule has 28 heavy (non-hydrogen) atoms. The molecule has 1 aromatic heterocycles. The fraction of sp³-hybridized carbons (Fsp3) is 0.696. The van der Waals surface area contributed by atoms with Gasteiger partial charge in [0.2, 0.25) is 0 Å². The molecule has 1 N–H and O–H groups in total. The van der Waals surface area contributed by atoms with Gasteiger partial charge in [-0.1, -0.05) is 44.8 Å². The molecule has 5 heteroatoms. The summed E-state index contributed by atoms with van der Waals surface area (Å²) in [7, 11) is 0. The van der Waals surface area contributed by atoms with Crippen LogP contribution in [0.2, 0.25) is 0 Å². The van der Waals surface area contributed by atoms with Gasteiger partial charge in [0.05, 0.1) is 12.9 Å². The Morgan fingerprint density at radius 1 is 1.29 bits per heavy atom. The molecule has 1 saturated carbocycles. The SMILES string of the molecule is CC1=C[C@@H](C)[C@]2(COC(=O)NC3CCCCC3)CO[C@@H](c3ccco3)[C@@H]1[C@H]2C. The van der Waals surface area contributed by atoms with Crippen LogP contribution in [0.4, 0.5) is 4.79 Å². The minimum atomic E-state index is -0.281. The number of hydrogen-bond acceptors (Lipinski definition) is 4. The number of ether oxygens (including phenoxy) is 2. The lowest BCUT2D eigenvalue weighted by molar-refractivity contribution is -0.170. The Bertz CT molecular complexity index is 706. The van der Waals surface area contributed by atoms with E-state index in [0.29, 0.717) is 25.0 Å². The number of nitrogens with one attached hydrogen (secondary N) is 1. The first kappa shape index (κ1) is 19.6. The van der Waals surface area contributed by atoms with E-state index in [-0.39, 0.29) is 29.6 Å². The first-order valence-electron chi connectivity index (χ1n) is 10.8. The highest BCUT2D eigenvalue weighted by molar-refractivity contribution is 5.67. The number of furan rings is 1. The lowest BCUT2D eigenvalue weighted by Gasteiger charge is -2.54. The van der Waals surface area contributed by atoms with Crippen molar-refractivity contribution in [1.29, 1.82) is 0 Å². The summed E-state index contributed by atoms with van der Waals surface area (Å²) in [4.78, 5) is 12.4. The Morgan fingerprint density at radius 2 is 2.07 bits per heavy atom. The van der Waals surface area contributed by atoms with Crippen LogP contribution >= 0.6 is 0 Å². The van der Waals surface area contributed by atoms with Crippen molar-refractivity contribution < 1.29 is 18.7 Å². The highest BCUT2D eigenvalue weighted by Gasteiger charge is 2.55. The van der Waals surface area contributed by atoms with Gasteiger partial charge in [-0.3, -0.25) is 0 Å². The lowest BCUT2D eigenvalue weighted by Crippen LogP contribution is -2.55. The van der Waals surface area contributed by atoms with E-state index < -0.39 is 0 Å². The summed E-state index contributed by atoms with van der Waals surface area (Å²) < 4.78 is 17.8. The molecule has 2 aliphatic carbocycles. The third-order valence-corrected chi connectivity index (χ3v) is 7.47. The van der Waals surface area contributed by atoms with Gasteiger partial charge in [0.1, 0.15) is 18.5 Å². The Labute approximate surface area is 167 Å². The van der Waals surface area contributed by atoms with Gasteiger partial charge in [-0.2, -0.15) is 0 Å². The molecule has 0 aromatic carbocycles. The summed E-state index contributed by atoms with van der Waals surface area (Å²) in [5.74, 6) is 1.74. The average Bonchev–Trinajstić information content (AvgIpc) is 3.21. The van der Waals surface area contributed by atoms with Crippen molar-refractivity contribution >= 4 is 6.09 Å². The van der Waals surface area contributed by atoms with Crippen molar-refractivity contribution in [3.8, 4) is 0 Å². The topological polar surface area (TPSA) is 60.7 Å². The van der Waals surface area contributed by atoms with E-state index in [1.165, 1.54) is 24.8 Å². The van der Waals surface area contributed by atoms with Crippen LogP contribution in [0.5, 0.6) is 0 Å². The second-order valence-electron chi connectivity index (χ2n) is 9.05. The van der Waals surface area contributed by atoms with Crippen molar-refractivity contribution in [2.24, 2.45) is 23.2 Å². The summed E-state index contributed by atoms with van der Waals surface area (Å²) in [6.07, 6.45) is 9.46. The van der Waals surface area contributed by atoms with E-state index >= 15 is 0 Å². The molecule has 2 fully saturated rings. The van der Waals surface area contributed by atoms with Gasteiger partial charge in [-0.25, -0.2) is 4.79 Å². The van der Waals surface area contributed by atoms with Gasteiger partial charge in [0.15, 0.2) is 0 Å². The second-order valence-corrected chi connectivity index (χ2v) is 9.05. The van der Waals surface area contributed by atoms with Crippen molar-refractivity contribution in [3.05, 3.63) is 35.8 Å². The van der Waals surface area contributed by atoms with E-state index in [0.717, 1.165) is 18.6 Å². The van der Waals surface area contributed by atoms with E-state index in [1.54, 1.807) is 6.26 Å². The number of allylic oxidation sites excluding steroid dienone is 1. The summed E-state index contributed by atoms with van der Waals surface area (Å²) in [5.41, 5.74) is 1.14. The van der Waals surface area contributed by atoms with Gasteiger partial charge in [0.25, 0.3) is 0 Å². The van der Waals surface area contributed by atoms with Gasteiger partial charge < -0.3 is 19.2 Å². The number of alkyl carbamates (subject to hydrolysis) is 1. The Hall–Kier alpha value is -1.75. The molecule has 5 atom stereocenters. The predicted molar refractivity (Wildman–Crippen MR) is 107 cm³/mol. The smallest absolute Gasteiger partial charge is 0.407 e. The first-order chi connectivity index (χ1) is 13.5. The zero-order chi connectivity index (χ0) is 19.7. The Morgan fingerprint density at radius 3 is 2.79 bits per heavy atom. The van der Waals surface area contributed by atoms with E-state index in [4.69, 9.17) is 13.9 Å². The van der Waals surface area contributed by atoms with Crippen molar-refractivity contribution in [2.75, 3.05) is 13.2 Å². The van der Waals surface area contributed by atoms with Crippen LogP contribution < -0.4 is 5.32 Å². The highest BCUT2D eigenvalue weighted by atomic mass is 16.6. The Balaban J connectivity index is 1.46. The maximum absolute atomic E-state index is 12.4. The lowest BCUT2D eigenvalue weighted by atomic mass is 9.56. The molecule has 5 nitrogen and oxygen atoms in total. The monoisotopic (exact) mass is 387 g/mol. The van der Waals surface area contributed by atoms with Gasteiger partial charge >= 0.3 is 6.09 Å². The number of carbonyl (C=O) groups is 1. The third-order valence-electron chi connectivity index (χ3n) is 7.47. The van der Waals surface area contributed by atoms with Crippen molar-refractivity contribution in [3.63, 3.8) is 0 Å². The van der Waals surface area contributed by atoms with Crippen LogP contribution in [-0.2, 0) is 9.47 Å². The number of carbonyl (C=O) groups excluding carboxylic acids is 1. The molecular weight excluding hydrogens is 354 g/mol. The molecule has 0 spiro atoms. The fourth-order valence-electron chi connectivity index (χ4n) is 5.62. The summed E-state index contributed by atoms with van der Waals surface area (Å²) >= 11 is 0. The molecule has 1 amide bonds. The standard InChI is InChI=1S/C23H33NO4/c1-15-12-16(2)23(14-28-22(25)24-18-8-5-4-6-9-18)13-27-21(20(15)17(23)3)19-10-7-11-26-19/h7,10-12,16-18,20-21H,4-6,8-9,13-14H2,1-3H3,(H,24,25)/t16-,17-,20+,21+,23-/m1/s1. The molecule has 2 heterocycles. The number of fused-ring (bicyclic) bond motifs is 2. The number of amides is 1. The first-order valence-corrected chi connectivity index (χ1v) is 10.8. The second kappa shape index (κ2) is 7.94. The maximum atomic E-state index is 12.4. The van der Waals surface area contributed by atoms with E-state index in [9.17, 15) is 4.79 Å².